The van der Waals surface area contributed by atoms with Gasteiger partial charge in [0.1, 0.15) is 0 Å². The zero-order valence-electron chi connectivity index (χ0n) is 18.5. The molecular weight excluding hydrogens is 414 g/mol. The monoisotopic (exact) mass is 439 g/mol. The van der Waals surface area contributed by atoms with E-state index in [-0.39, 0.29) is 5.97 Å². The number of pyridine rings is 1. The SMILES string of the molecule is COC(=O)c1c(CN2CCN(c3ncccn3)CC2)nc2ccccc2c1-c1ccccc1. The van der Waals surface area contributed by atoms with Crippen LogP contribution in [-0.2, 0) is 11.3 Å². The summed E-state index contributed by atoms with van der Waals surface area (Å²) in [6.45, 7) is 3.86. The highest BCUT2D eigenvalue weighted by atomic mass is 16.5. The van der Waals surface area contributed by atoms with Gasteiger partial charge >= 0.3 is 5.97 Å². The highest BCUT2D eigenvalue weighted by Crippen LogP contribution is 2.34. The summed E-state index contributed by atoms with van der Waals surface area (Å²) < 4.78 is 5.23. The van der Waals surface area contributed by atoms with E-state index in [1.807, 2.05) is 60.7 Å². The molecule has 0 N–H and O–H groups in total. The number of methoxy groups -OCH3 is 1. The summed E-state index contributed by atoms with van der Waals surface area (Å²) in [4.78, 5) is 31.2. The summed E-state index contributed by atoms with van der Waals surface area (Å²) in [6.07, 6.45) is 3.53. The number of para-hydroxylation sites is 1. The Morgan fingerprint density at radius 2 is 1.61 bits per heavy atom. The molecule has 2 aromatic carbocycles. The Balaban J connectivity index is 1.51. The number of anilines is 1. The minimum Gasteiger partial charge on any atom is -0.465 e. The molecule has 166 valence electrons. The Morgan fingerprint density at radius 1 is 0.909 bits per heavy atom. The van der Waals surface area contributed by atoms with Crippen molar-refractivity contribution in [3.8, 4) is 11.1 Å². The third-order valence-electron chi connectivity index (χ3n) is 6.00. The van der Waals surface area contributed by atoms with Gasteiger partial charge in [-0.25, -0.2) is 14.8 Å². The van der Waals surface area contributed by atoms with Gasteiger partial charge in [-0.3, -0.25) is 9.88 Å². The van der Waals surface area contributed by atoms with Crippen LogP contribution in [0.25, 0.3) is 22.0 Å². The van der Waals surface area contributed by atoms with Gasteiger partial charge in [0.25, 0.3) is 0 Å². The predicted molar refractivity (Wildman–Crippen MR) is 128 cm³/mol. The standard InChI is InChI=1S/C26H25N5O2/c1-33-25(32)24-22(18-30-14-16-31(17-15-30)26-27-12-7-13-28-26)29-21-11-6-5-10-20(21)23(24)19-8-3-2-4-9-19/h2-13H,14-18H2,1H3. The van der Waals surface area contributed by atoms with E-state index in [1.165, 1.54) is 7.11 Å². The highest BCUT2D eigenvalue weighted by Gasteiger charge is 2.26. The molecule has 2 aromatic heterocycles. The molecule has 0 amide bonds. The van der Waals surface area contributed by atoms with Crippen molar-refractivity contribution < 1.29 is 9.53 Å². The van der Waals surface area contributed by atoms with Gasteiger partial charge in [-0.05, 0) is 17.7 Å². The van der Waals surface area contributed by atoms with E-state index in [0.29, 0.717) is 12.1 Å². The van der Waals surface area contributed by atoms with E-state index >= 15 is 0 Å². The Bertz CT molecular complexity index is 1260. The van der Waals surface area contributed by atoms with Crippen LogP contribution in [0.15, 0.2) is 73.1 Å². The maximum Gasteiger partial charge on any atom is 0.340 e. The predicted octanol–water partition coefficient (Wildman–Crippen LogP) is 3.80. The average molecular weight is 440 g/mol. The molecule has 1 aliphatic heterocycles. The Morgan fingerprint density at radius 3 is 2.33 bits per heavy atom. The van der Waals surface area contributed by atoms with Gasteiger partial charge in [-0.15, -0.1) is 0 Å². The van der Waals surface area contributed by atoms with Crippen molar-refractivity contribution in [3.63, 3.8) is 0 Å². The molecule has 1 fully saturated rings. The first-order chi connectivity index (χ1) is 16.2. The van der Waals surface area contributed by atoms with Crippen molar-refractivity contribution in [1.29, 1.82) is 0 Å². The lowest BCUT2D eigenvalue weighted by atomic mass is 9.94. The van der Waals surface area contributed by atoms with E-state index in [1.54, 1.807) is 12.4 Å². The summed E-state index contributed by atoms with van der Waals surface area (Å²) in [5, 5.41) is 0.943. The van der Waals surface area contributed by atoms with Crippen molar-refractivity contribution >= 4 is 22.8 Å². The molecule has 0 unspecified atom stereocenters. The number of fused-ring (bicyclic) bond motifs is 1. The summed E-state index contributed by atoms with van der Waals surface area (Å²) in [6, 6.07) is 19.8. The molecule has 1 saturated heterocycles. The number of hydrogen-bond donors (Lipinski definition) is 0. The molecule has 4 aromatic rings. The number of carbonyl (C=O) groups excluding carboxylic acids is 1. The van der Waals surface area contributed by atoms with Crippen molar-refractivity contribution in [3.05, 3.63) is 84.3 Å². The zero-order chi connectivity index (χ0) is 22.6. The summed E-state index contributed by atoms with van der Waals surface area (Å²) in [7, 11) is 1.43. The molecule has 3 heterocycles. The number of ether oxygens (including phenoxy) is 1. The average Bonchev–Trinajstić information content (AvgIpc) is 2.89. The smallest absolute Gasteiger partial charge is 0.340 e. The number of rotatable bonds is 5. The van der Waals surface area contributed by atoms with Gasteiger partial charge in [-0.1, -0.05) is 48.5 Å². The topological polar surface area (TPSA) is 71.5 Å². The van der Waals surface area contributed by atoms with Gasteiger partial charge in [-0.2, -0.15) is 0 Å². The fourth-order valence-corrected chi connectivity index (χ4v) is 4.38. The van der Waals surface area contributed by atoms with Gasteiger partial charge in [0.15, 0.2) is 0 Å². The van der Waals surface area contributed by atoms with E-state index < -0.39 is 0 Å². The molecule has 1 aliphatic rings. The molecule has 0 bridgehead atoms. The van der Waals surface area contributed by atoms with Crippen molar-refractivity contribution in [2.24, 2.45) is 0 Å². The number of aromatic nitrogens is 3. The largest absolute Gasteiger partial charge is 0.465 e. The van der Waals surface area contributed by atoms with Crippen LogP contribution in [0.1, 0.15) is 16.1 Å². The molecular formula is C26H25N5O2. The molecule has 0 radical (unpaired) electrons. The molecule has 0 saturated carbocycles. The second-order valence-corrected chi connectivity index (χ2v) is 8.00. The second kappa shape index (κ2) is 9.34. The van der Waals surface area contributed by atoms with E-state index in [2.05, 4.69) is 19.8 Å². The second-order valence-electron chi connectivity index (χ2n) is 8.00. The summed E-state index contributed by atoms with van der Waals surface area (Å²) in [5.41, 5.74) is 4.00. The zero-order valence-corrected chi connectivity index (χ0v) is 18.5. The fourth-order valence-electron chi connectivity index (χ4n) is 4.38. The molecule has 7 nitrogen and oxygen atoms in total. The lowest BCUT2D eigenvalue weighted by Crippen LogP contribution is -2.46. The number of nitrogens with zero attached hydrogens (tertiary/aromatic N) is 5. The number of carbonyl (C=O) groups is 1. The van der Waals surface area contributed by atoms with Gasteiger partial charge in [0, 0.05) is 56.1 Å². The van der Waals surface area contributed by atoms with Gasteiger partial charge in [0.05, 0.1) is 23.9 Å². The quantitative estimate of drug-likeness (QED) is 0.438. The highest BCUT2D eigenvalue weighted by molar-refractivity contribution is 6.07. The molecule has 5 rings (SSSR count). The van der Waals surface area contributed by atoms with Crippen molar-refractivity contribution in [1.82, 2.24) is 19.9 Å². The first-order valence-corrected chi connectivity index (χ1v) is 11.0. The lowest BCUT2D eigenvalue weighted by molar-refractivity contribution is 0.0598. The minimum atomic E-state index is -0.363. The normalized spacial score (nSPS) is 14.4. The fraction of sp³-hybridized carbons (Fsp3) is 0.231. The van der Waals surface area contributed by atoms with E-state index in [0.717, 1.165) is 59.9 Å². The first kappa shape index (κ1) is 21.0. The van der Waals surface area contributed by atoms with Crippen LogP contribution in [0, 0.1) is 0 Å². The van der Waals surface area contributed by atoms with Gasteiger partial charge < -0.3 is 9.64 Å². The van der Waals surface area contributed by atoms with Crippen LogP contribution in [0.5, 0.6) is 0 Å². The summed E-state index contributed by atoms with van der Waals surface area (Å²) >= 11 is 0. The maximum absolute atomic E-state index is 13.0. The Hall–Kier alpha value is -3.84. The van der Waals surface area contributed by atoms with Crippen molar-refractivity contribution in [2.45, 2.75) is 6.54 Å². The Labute approximate surface area is 192 Å². The molecule has 0 aliphatic carbocycles. The number of benzene rings is 2. The Kier molecular flexibility index (Phi) is 5.95. The lowest BCUT2D eigenvalue weighted by Gasteiger charge is -2.34. The number of hydrogen-bond acceptors (Lipinski definition) is 7. The van der Waals surface area contributed by atoms with Gasteiger partial charge in [0.2, 0.25) is 5.95 Å². The molecule has 7 heteroatoms. The first-order valence-electron chi connectivity index (χ1n) is 11.0. The molecule has 33 heavy (non-hydrogen) atoms. The van der Waals surface area contributed by atoms with Crippen LogP contribution in [-0.4, -0.2) is 59.1 Å². The number of piperazine rings is 1. The maximum atomic E-state index is 13.0. The van der Waals surface area contributed by atoms with E-state index in [4.69, 9.17) is 9.72 Å². The third kappa shape index (κ3) is 4.27. The van der Waals surface area contributed by atoms with Crippen LogP contribution in [0.2, 0.25) is 0 Å². The van der Waals surface area contributed by atoms with Crippen LogP contribution in [0.3, 0.4) is 0 Å². The van der Waals surface area contributed by atoms with Crippen molar-refractivity contribution in [2.75, 3.05) is 38.2 Å². The minimum absolute atomic E-state index is 0.363. The number of esters is 1. The van der Waals surface area contributed by atoms with Crippen LogP contribution in [0.4, 0.5) is 5.95 Å². The molecule has 0 spiro atoms. The van der Waals surface area contributed by atoms with Crippen LogP contribution < -0.4 is 4.90 Å². The molecule has 0 atom stereocenters. The van der Waals surface area contributed by atoms with Crippen LogP contribution >= 0.6 is 0 Å². The van der Waals surface area contributed by atoms with E-state index in [9.17, 15) is 4.79 Å². The third-order valence-corrected chi connectivity index (χ3v) is 6.00. The summed E-state index contributed by atoms with van der Waals surface area (Å²) in [5.74, 6) is 0.390.